The first-order valence-electron chi connectivity index (χ1n) is 7.43. The maximum absolute atomic E-state index is 11.7. The van der Waals surface area contributed by atoms with Gasteiger partial charge in [0, 0.05) is 29.2 Å². The molecular weight excluding hydrogens is 298 g/mol. The summed E-state index contributed by atoms with van der Waals surface area (Å²) in [4.78, 5) is 4.23. The van der Waals surface area contributed by atoms with E-state index in [-0.39, 0.29) is 4.90 Å². The molecule has 22 heavy (non-hydrogen) atoms. The van der Waals surface area contributed by atoms with Crippen molar-refractivity contribution in [1.29, 1.82) is 0 Å². The maximum Gasteiger partial charge on any atom is 0.240 e. The molecule has 0 aliphatic carbocycles. The molecule has 3 rings (SSSR count). The van der Waals surface area contributed by atoms with E-state index >= 15 is 0 Å². The van der Waals surface area contributed by atoms with E-state index in [2.05, 4.69) is 28.9 Å². The number of sulfonamides is 1. The number of hydrogen-bond acceptors (Lipinski definition) is 4. The lowest BCUT2D eigenvalue weighted by atomic mass is 10.1. The van der Waals surface area contributed by atoms with Gasteiger partial charge in [-0.3, -0.25) is 4.98 Å². The molecule has 0 spiro atoms. The van der Waals surface area contributed by atoms with Crippen molar-refractivity contribution in [2.24, 2.45) is 5.92 Å². The second-order valence-electron chi connectivity index (χ2n) is 5.71. The lowest BCUT2D eigenvalue weighted by Crippen LogP contribution is -2.18. The van der Waals surface area contributed by atoms with Crippen molar-refractivity contribution >= 4 is 20.8 Å². The Labute approximate surface area is 132 Å². The van der Waals surface area contributed by atoms with Crippen molar-refractivity contribution in [1.82, 2.24) is 15.0 Å². The molecule has 1 aromatic heterocycles. The smallest absolute Gasteiger partial charge is 0.240 e. The van der Waals surface area contributed by atoms with Gasteiger partial charge < -0.3 is 5.32 Å². The molecule has 0 saturated carbocycles. The van der Waals surface area contributed by atoms with Crippen LogP contribution in [0.1, 0.15) is 20.3 Å². The Bertz CT molecular complexity index is 718. The lowest BCUT2D eigenvalue weighted by molar-refractivity contribution is 0.589. The molecule has 120 valence electrons. The molecule has 1 aromatic carbocycles. The number of benzene rings is 1. The van der Waals surface area contributed by atoms with E-state index in [1.807, 2.05) is 6.07 Å². The monoisotopic (exact) mass is 321 g/mol. The van der Waals surface area contributed by atoms with Crippen molar-refractivity contribution in [3.05, 3.63) is 36.7 Å². The Kier molecular flexibility index (Phi) is 5.50. The average Bonchev–Trinajstić information content (AvgIpc) is 2.90. The highest BCUT2D eigenvalue weighted by Gasteiger charge is 2.15. The van der Waals surface area contributed by atoms with Gasteiger partial charge in [0.15, 0.2) is 0 Å². The molecule has 2 N–H and O–H groups in total. The summed E-state index contributed by atoms with van der Waals surface area (Å²) in [6.07, 6.45) is 4.58. The van der Waals surface area contributed by atoms with Gasteiger partial charge in [0.1, 0.15) is 0 Å². The first-order chi connectivity index (χ1) is 10.4. The van der Waals surface area contributed by atoms with Crippen LogP contribution < -0.4 is 10.0 Å². The minimum Gasteiger partial charge on any atom is -0.314 e. The Hall–Kier alpha value is -1.50. The van der Waals surface area contributed by atoms with Crippen LogP contribution in [0.5, 0.6) is 0 Å². The summed E-state index contributed by atoms with van der Waals surface area (Å²) in [6.45, 7) is 5.75. The minimum atomic E-state index is -3.40. The van der Waals surface area contributed by atoms with E-state index in [4.69, 9.17) is 0 Å². The molecule has 1 saturated heterocycles. The van der Waals surface area contributed by atoms with Gasteiger partial charge in [-0.25, -0.2) is 13.1 Å². The molecule has 5 nitrogen and oxygen atoms in total. The third kappa shape index (κ3) is 4.03. The van der Waals surface area contributed by atoms with Crippen LogP contribution in [-0.2, 0) is 10.0 Å². The highest BCUT2D eigenvalue weighted by Crippen LogP contribution is 2.21. The third-order valence-corrected chi connectivity index (χ3v) is 5.24. The SMILES string of the molecule is CC1CNC(C)C1.CNS(=O)(=O)c1cccc2cnccc12. The average molecular weight is 321 g/mol. The first kappa shape index (κ1) is 16.9. The second kappa shape index (κ2) is 7.17. The molecule has 0 amide bonds. The van der Waals surface area contributed by atoms with Crippen LogP contribution in [-0.4, -0.2) is 33.0 Å². The van der Waals surface area contributed by atoms with Gasteiger partial charge in [0.2, 0.25) is 10.0 Å². The standard InChI is InChI=1S/C10H10N2O2S.C6H13N/c1-11-15(13,14)10-4-2-3-8-7-12-6-5-9(8)10;1-5-3-6(2)7-4-5/h2-7,11H,1H3;5-7H,3-4H2,1-2H3. The summed E-state index contributed by atoms with van der Waals surface area (Å²) in [6, 6.07) is 7.58. The highest BCUT2D eigenvalue weighted by molar-refractivity contribution is 7.89. The van der Waals surface area contributed by atoms with Crippen molar-refractivity contribution in [3.63, 3.8) is 0 Å². The van der Waals surface area contributed by atoms with E-state index < -0.39 is 10.0 Å². The topological polar surface area (TPSA) is 71.1 Å². The molecule has 2 atom stereocenters. The minimum absolute atomic E-state index is 0.282. The number of rotatable bonds is 2. The number of nitrogens with zero attached hydrogens (tertiary/aromatic N) is 1. The molecule has 6 heteroatoms. The van der Waals surface area contributed by atoms with Crippen LogP contribution in [0.3, 0.4) is 0 Å². The first-order valence-corrected chi connectivity index (χ1v) is 8.92. The largest absolute Gasteiger partial charge is 0.314 e. The lowest BCUT2D eigenvalue weighted by Gasteiger charge is -2.05. The van der Waals surface area contributed by atoms with Crippen molar-refractivity contribution in [2.75, 3.05) is 13.6 Å². The molecule has 2 unspecified atom stereocenters. The van der Waals surface area contributed by atoms with Crippen molar-refractivity contribution < 1.29 is 8.42 Å². The summed E-state index contributed by atoms with van der Waals surface area (Å²) in [5, 5.41) is 4.87. The van der Waals surface area contributed by atoms with E-state index in [1.165, 1.54) is 20.0 Å². The highest BCUT2D eigenvalue weighted by atomic mass is 32.2. The molecule has 0 bridgehead atoms. The van der Waals surface area contributed by atoms with Gasteiger partial charge in [-0.1, -0.05) is 19.1 Å². The molecule has 2 heterocycles. The van der Waals surface area contributed by atoms with Gasteiger partial charge in [-0.05, 0) is 45.0 Å². The molecule has 0 radical (unpaired) electrons. The van der Waals surface area contributed by atoms with E-state index in [9.17, 15) is 8.42 Å². The Morgan fingerprint density at radius 1 is 1.27 bits per heavy atom. The Balaban J connectivity index is 0.000000211. The predicted molar refractivity (Wildman–Crippen MR) is 89.2 cm³/mol. The summed E-state index contributed by atoms with van der Waals surface area (Å²) in [5.41, 5.74) is 0. The van der Waals surface area contributed by atoms with Crippen LogP contribution in [0.2, 0.25) is 0 Å². The number of pyridine rings is 1. The molecular formula is C16H23N3O2S. The van der Waals surface area contributed by atoms with Crippen LogP contribution in [0.4, 0.5) is 0 Å². The molecule has 1 aliphatic heterocycles. The van der Waals surface area contributed by atoms with Crippen molar-refractivity contribution in [2.45, 2.75) is 31.2 Å². The zero-order valence-corrected chi connectivity index (χ0v) is 14.0. The fourth-order valence-electron chi connectivity index (χ4n) is 2.61. The van der Waals surface area contributed by atoms with Crippen LogP contribution in [0.15, 0.2) is 41.6 Å². The Morgan fingerprint density at radius 3 is 2.59 bits per heavy atom. The predicted octanol–water partition coefficient (Wildman–Crippen LogP) is 2.15. The van der Waals surface area contributed by atoms with E-state index in [0.29, 0.717) is 5.39 Å². The van der Waals surface area contributed by atoms with E-state index in [1.54, 1.807) is 30.6 Å². The normalized spacial score (nSPS) is 21.4. The van der Waals surface area contributed by atoms with Gasteiger partial charge in [-0.15, -0.1) is 0 Å². The number of fused-ring (bicyclic) bond motifs is 1. The van der Waals surface area contributed by atoms with Gasteiger partial charge in [0.25, 0.3) is 0 Å². The van der Waals surface area contributed by atoms with Gasteiger partial charge in [0.05, 0.1) is 4.90 Å². The summed E-state index contributed by atoms with van der Waals surface area (Å²) in [7, 11) is -2.00. The van der Waals surface area contributed by atoms with Gasteiger partial charge >= 0.3 is 0 Å². The zero-order valence-electron chi connectivity index (χ0n) is 13.2. The Morgan fingerprint density at radius 2 is 2.05 bits per heavy atom. The van der Waals surface area contributed by atoms with Crippen LogP contribution in [0.25, 0.3) is 10.8 Å². The fourth-order valence-corrected chi connectivity index (χ4v) is 3.56. The van der Waals surface area contributed by atoms with Crippen LogP contribution in [0, 0.1) is 5.92 Å². The van der Waals surface area contributed by atoms with Gasteiger partial charge in [-0.2, -0.15) is 0 Å². The van der Waals surface area contributed by atoms with Crippen molar-refractivity contribution in [3.8, 4) is 0 Å². The molecule has 1 aliphatic rings. The quantitative estimate of drug-likeness (QED) is 0.889. The molecule has 1 fully saturated rings. The number of nitrogens with one attached hydrogen (secondary N) is 2. The fraction of sp³-hybridized carbons (Fsp3) is 0.438. The molecule has 2 aromatic rings. The zero-order chi connectivity index (χ0) is 16.2. The van der Waals surface area contributed by atoms with E-state index in [0.717, 1.165) is 17.3 Å². The summed E-state index contributed by atoms with van der Waals surface area (Å²) < 4.78 is 25.7. The maximum atomic E-state index is 11.7. The summed E-state index contributed by atoms with van der Waals surface area (Å²) in [5.74, 6) is 0.912. The number of aromatic nitrogens is 1. The summed E-state index contributed by atoms with van der Waals surface area (Å²) >= 11 is 0. The van der Waals surface area contributed by atoms with Crippen LogP contribution >= 0.6 is 0 Å². The third-order valence-electron chi connectivity index (χ3n) is 3.77. The number of hydrogen-bond donors (Lipinski definition) is 2. The second-order valence-corrected chi connectivity index (χ2v) is 7.57.